The van der Waals surface area contributed by atoms with Gasteiger partial charge in [-0.2, -0.15) is 0 Å². The van der Waals surface area contributed by atoms with Crippen LogP contribution in [0.15, 0.2) is 24.3 Å². The molecule has 1 unspecified atom stereocenters. The number of aromatic amines is 1. The van der Waals surface area contributed by atoms with Gasteiger partial charge in [0.15, 0.2) is 0 Å². The smallest absolute Gasteiger partial charge is 0.223 e. The van der Waals surface area contributed by atoms with E-state index in [0.29, 0.717) is 12.3 Å². The number of carbonyl (C=O) groups is 1. The van der Waals surface area contributed by atoms with Crippen LogP contribution in [-0.4, -0.2) is 22.3 Å². The monoisotopic (exact) mass is 270 g/mol. The quantitative estimate of drug-likeness (QED) is 0.904. The minimum atomic E-state index is 0.163. The summed E-state index contributed by atoms with van der Waals surface area (Å²) >= 11 is 0. The highest BCUT2D eigenvalue weighted by Gasteiger charge is 2.29. The average Bonchev–Trinajstić information content (AvgIpc) is 2.85. The molecule has 1 N–H and O–H groups in total. The number of H-pyrrole nitrogens is 1. The van der Waals surface area contributed by atoms with E-state index in [4.69, 9.17) is 0 Å². The molecular formula is C17H22N2O. The van der Waals surface area contributed by atoms with Crippen molar-refractivity contribution in [3.63, 3.8) is 0 Å². The van der Waals surface area contributed by atoms with E-state index < -0.39 is 0 Å². The normalized spacial score (nSPS) is 18.3. The summed E-state index contributed by atoms with van der Waals surface area (Å²) in [6, 6.07) is 8.59. The molecule has 20 heavy (non-hydrogen) atoms. The average molecular weight is 270 g/mol. The van der Waals surface area contributed by atoms with Crippen LogP contribution in [0, 0.1) is 0 Å². The molecule has 1 aliphatic heterocycles. The Balaban J connectivity index is 1.90. The van der Waals surface area contributed by atoms with E-state index in [-0.39, 0.29) is 6.04 Å². The first-order valence-corrected chi connectivity index (χ1v) is 7.61. The highest BCUT2D eigenvalue weighted by molar-refractivity contribution is 5.86. The van der Waals surface area contributed by atoms with Crippen molar-refractivity contribution < 1.29 is 4.79 Å². The first kappa shape index (κ1) is 13.2. The number of benzene rings is 1. The summed E-state index contributed by atoms with van der Waals surface area (Å²) in [5, 5.41) is 1.31. The van der Waals surface area contributed by atoms with Crippen molar-refractivity contribution in [2.24, 2.45) is 0 Å². The van der Waals surface area contributed by atoms with Crippen LogP contribution in [0.5, 0.6) is 0 Å². The summed E-state index contributed by atoms with van der Waals surface area (Å²) < 4.78 is 0. The van der Waals surface area contributed by atoms with Gasteiger partial charge >= 0.3 is 0 Å². The van der Waals surface area contributed by atoms with Crippen LogP contribution in [0.2, 0.25) is 0 Å². The maximum absolute atomic E-state index is 12.3. The summed E-state index contributed by atoms with van der Waals surface area (Å²) in [7, 11) is 0. The van der Waals surface area contributed by atoms with Gasteiger partial charge in [-0.15, -0.1) is 0 Å². The van der Waals surface area contributed by atoms with E-state index in [0.717, 1.165) is 25.8 Å². The third-order valence-electron chi connectivity index (χ3n) is 4.40. The van der Waals surface area contributed by atoms with Gasteiger partial charge < -0.3 is 9.88 Å². The van der Waals surface area contributed by atoms with Crippen LogP contribution in [0.25, 0.3) is 10.9 Å². The lowest BCUT2D eigenvalue weighted by atomic mass is 9.98. The van der Waals surface area contributed by atoms with Gasteiger partial charge in [0.25, 0.3) is 0 Å². The number of amides is 1. The Bertz CT molecular complexity index is 629. The number of nitrogens with zero attached hydrogens (tertiary/aromatic N) is 1. The van der Waals surface area contributed by atoms with Gasteiger partial charge in [-0.1, -0.05) is 31.5 Å². The van der Waals surface area contributed by atoms with Crippen LogP contribution in [0.1, 0.15) is 50.4 Å². The van der Waals surface area contributed by atoms with Crippen molar-refractivity contribution >= 4 is 16.8 Å². The van der Waals surface area contributed by atoms with Gasteiger partial charge in [0.2, 0.25) is 5.91 Å². The molecule has 3 heteroatoms. The number of carbonyl (C=O) groups excluding carboxylic acids is 1. The maximum atomic E-state index is 12.3. The van der Waals surface area contributed by atoms with Crippen molar-refractivity contribution in [1.29, 1.82) is 0 Å². The number of hydrogen-bond donors (Lipinski definition) is 1. The second-order valence-electron chi connectivity index (χ2n) is 5.68. The van der Waals surface area contributed by atoms with E-state index in [1.807, 2.05) is 4.90 Å². The van der Waals surface area contributed by atoms with Crippen molar-refractivity contribution in [1.82, 2.24) is 9.88 Å². The van der Waals surface area contributed by atoms with E-state index in [2.05, 4.69) is 43.1 Å². The Hall–Kier alpha value is -1.77. The summed E-state index contributed by atoms with van der Waals surface area (Å²) in [4.78, 5) is 17.9. The number of hydrogen-bond acceptors (Lipinski definition) is 1. The molecule has 106 valence electrons. The fraction of sp³-hybridized carbons (Fsp3) is 0.471. The number of para-hydroxylation sites is 1. The maximum Gasteiger partial charge on any atom is 0.223 e. The second kappa shape index (κ2) is 5.31. The van der Waals surface area contributed by atoms with Gasteiger partial charge in [0.05, 0.1) is 6.04 Å². The lowest BCUT2D eigenvalue weighted by Crippen LogP contribution is -2.38. The van der Waals surface area contributed by atoms with Crippen LogP contribution in [0.3, 0.4) is 0 Å². The molecule has 0 saturated carbocycles. The highest BCUT2D eigenvalue weighted by atomic mass is 16.2. The Morgan fingerprint density at radius 2 is 2.20 bits per heavy atom. The van der Waals surface area contributed by atoms with Gasteiger partial charge in [-0.25, -0.2) is 0 Å². The Kier molecular flexibility index (Phi) is 3.51. The van der Waals surface area contributed by atoms with Crippen LogP contribution in [-0.2, 0) is 11.2 Å². The summed E-state index contributed by atoms with van der Waals surface area (Å²) in [6.45, 7) is 5.11. The Morgan fingerprint density at radius 3 is 3.00 bits per heavy atom. The van der Waals surface area contributed by atoms with Gasteiger partial charge in [0, 0.05) is 29.6 Å². The zero-order chi connectivity index (χ0) is 14.1. The molecular weight excluding hydrogens is 248 g/mol. The van der Waals surface area contributed by atoms with E-state index in [1.165, 1.54) is 22.2 Å². The molecule has 1 aromatic heterocycles. The molecule has 0 saturated heterocycles. The largest absolute Gasteiger partial charge is 0.356 e. The topological polar surface area (TPSA) is 36.1 Å². The number of rotatable bonds is 3. The van der Waals surface area contributed by atoms with Crippen molar-refractivity contribution in [3.05, 3.63) is 35.5 Å². The minimum absolute atomic E-state index is 0.163. The third kappa shape index (κ3) is 2.11. The molecule has 0 spiro atoms. The number of aromatic nitrogens is 1. The van der Waals surface area contributed by atoms with Crippen molar-refractivity contribution in [3.8, 4) is 0 Å². The van der Waals surface area contributed by atoms with E-state index in [1.54, 1.807) is 0 Å². The van der Waals surface area contributed by atoms with Crippen LogP contribution in [0.4, 0.5) is 0 Å². The predicted octanol–water partition coefficient (Wildman–Crippen LogP) is 3.80. The molecule has 1 aromatic carbocycles. The molecule has 1 aliphatic rings. The number of fused-ring (bicyclic) bond motifs is 3. The lowest BCUT2D eigenvalue weighted by Gasteiger charge is -2.33. The SMILES string of the molecule is CCCCC(=O)N1CCc2c([nH]c3ccccc23)C1C. The number of nitrogens with one attached hydrogen (secondary N) is 1. The van der Waals surface area contributed by atoms with Crippen molar-refractivity contribution in [2.75, 3.05) is 6.54 Å². The zero-order valence-electron chi connectivity index (χ0n) is 12.3. The van der Waals surface area contributed by atoms with Crippen molar-refractivity contribution in [2.45, 2.75) is 45.6 Å². The number of unbranched alkanes of at least 4 members (excludes halogenated alkanes) is 1. The summed E-state index contributed by atoms with van der Waals surface area (Å²) in [5.74, 6) is 0.295. The Morgan fingerprint density at radius 1 is 1.40 bits per heavy atom. The van der Waals surface area contributed by atoms with Gasteiger partial charge in [0.1, 0.15) is 0 Å². The molecule has 0 fully saturated rings. The first-order valence-electron chi connectivity index (χ1n) is 7.61. The zero-order valence-corrected chi connectivity index (χ0v) is 12.3. The standard InChI is InChI=1S/C17H22N2O/c1-3-4-9-16(20)19-11-10-14-13-7-5-6-8-15(13)18-17(14)12(19)2/h5-8,12,18H,3-4,9-11H2,1-2H3. The van der Waals surface area contributed by atoms with E-state index in [9.17, 15) is 4.79 Å². The molecule has 2 aromatic rings. The summed E-state index contributed by atoms with van der Waals surface area (Å²) in [6.07, 6.45) is 3.70. The molecule has 2 heterocycles. The lowest BCUT2D eigenvalue weighted by molar-refractivity contribution is -0.133. The minimum Gasteiger partial charge on any atom is -0.356 e. The molecule has 3 nitrogen and oxygen atoms in total. The Labute approximate surface area is 120 Å². The van der Waals surface area contributed by atoms with Crippen LogP contribution >= 0.6 is 0 Å². The van der Waals surface area contributed by atoms with Gasteiger partial charge in [-0.3, -0.25) is 4.79 Å². The van der Waals surface area contributed by atoms with Gasteiger partial charge in [-0.05, 0) is 31.4 Å². The third-order valence-corrected chi connectivity index (χ3v) is 4.40. The second-order valence-corrected chi connectivity index (χ2v) is 5.68. The predicted molar refractivity (Wildman–Crippen MR) is 81.7 cm³/mol. The fourth-order valence-corrected chi connectivity index (χ4v) is 3.24. The summed E-state index contributed by atoms with van der Waals surface area (Å²) in [5.41, 5.74) is 3.81. The van der Waals surface area contributed by atoms with E-state index >= 15 is 0 Å². The molecule has 0 radical (unpaired) electrons. The molecule has 1 atom stereocenters. The molecule has 0 bridgehead atoms. The first-order chi connectivity index (χ1) is 9.72. The fourth-order valence-electron chi connectivity index (χ4n) is 3.24. The highest BCUT2D eigenvalue weighted by Crippen LogP contribution is 2.34. The molecule has 1 amide bonds. The molecule has 3 rings (SSSR count). The molecule has 0 aliphatic carbocycles. The van der Waals surface area contributed by atoms with Crippen LogP contribution < -0.4 is 0 Å².